The van der Waals surface area contributed by atoms with Crippen LogP contribution in [-0.4, -0.2) is 70.0 Å². The molecule has 0 aliphatic heterocycles. The lowest BCUT2D eigenvalue weighted by molar-refractivity contribution is -0.870. The summed E-state index contributed by atoms with van der Waals surface area (Å²) in [5, 5.41) is 0. The van der Waals surface area contributed by atoms with Crippen molar-refractivity contribution >= 4 is 19.8 Å². The lowest BCUT2D eigenvalue weighted by Crippen LogP contribution is -2.37. The van der Waals surface area contributed by atoms with Crippen LogP contribution in [-0.2, 0) is 32.7 Å². The van der Waals surface area contributed by atoms with Crippen LogP contribution in [0.25, 0.3) is 0 Å². The van der Waals surface area contributed by atoms with E-state index in [0.29, 0.717) is 17.4 Å². The molecule has 0 aliphatic rings. The monoisotopic (exact) mass is 692 g/mol. The van der Waals surface area contributed by atoms with Crippen LogP contribution in [0.15, 0.2) is 0 Å². The van der Waals surface area contributed by atoms with E-state index in [2.05, 4.69) is 13.8 Å². The molecule has 280 valence electrons. The molecule has 0 saturated carbocycles. The highest BCUT2D eigenvalue weighted by Crippen LogP contribution is 2.38. The normalized spacial score (nSPS) is 13.7. The molecule has 0 aliphatic carbocycles. The van der Waals surface area contributed by atoms with E-state index in [4.69, 9.17) is 18.5 Å². The van der Waals surface area contributed by atoms with Crippen molar-refractivity contribution in [2.45, 2.75) is 180 Å². The van der Waals surface area contributed by atoms with Crippen molar-refractivity contribution in [3.05, 3.63) is 0 Å². The maximum Gasteiger partial charge on any atom is 0.306 e. The number of rotatable bonds is 35. The van der Waals surface area contributed by atoms with Crippen LogP contribution in [0, 0.1) is 0 Å². The SMILES string of the molecule is CCCCCCCCCCCCCCCCCCCCC(=O)O[C@H](COC(=O)CCCCCCC)COP(=O)([O-])OCC[N+](C)(C)C. The molecule has 10 heteroatoms. The van der Waals surface area contributed by atoms with Crippen molar-refractivity contribution < 1.29 is 42.1 Å². The molecule has 0 aromatic carbocycles. The molecule has 0 amide bonds. The summed E-state index contributed by atoms with van der Waals surface area (Å²) in [5.41, 5.74) is 0. The van der Waals surface area contributed by atoms with Crippen LogP contribution in [0.5, 0.6) is 0 Å². The van der Waals surface area contributed by atoms with Crippen molar-refractivity contribution in [1.29, 1.82) is 0 Å². The highest BCUT2D eigenvalue weighted by Gasteiger charge is 2.21. The van der Waals surface area contributed by atoms with Gasteiger partial charge in [-0.25, -0.2) is 0 Å². The Hall–Kier alpha value is -0.990. The summed E-state index contributed by atoms with van der Waals surface area (Å²) in [6.07, 6.45) is 27.4. The van der Waals surface area contributed by atoms with E-state index in [0.717, 1.165) is 44.9 Å². The van der Waals surface area contributed by atoms with Gasteiger partial charge in [0.2, 0.25) is 0 Å². The van der Waals surface area contributed by atoms with Gasteiger partial charge in [-0.05, 0) is 12.8 Å². The predicted molar refractivity (Wildman–Crippen MR) is 190 cm³/mol. The fourth-order valence-corrected chi connectivity index (χ4v) is 6.03. The van der Waals surface area contributed by atoms with Gasteiger partial charge in [0, 0.05) is 12.8 Å². The Balaban J connectivity index is 4.20. The third kappa shape index (κ3) is 34.7. The second-order valence-electron chi connectivity index (χ2n) is 14.3. The molecule has 0 rings (SSSR count). The number of hydrogen-bond acceptors (Lipinski definition) is 8. The zero-order valence-corrected chi connectivity index (χ0v) is 32.1. The molecule has 47 heavy (non-hydrogen) atoms. The van der Waals surface area contributed by atoms with Gasteiger partial charge in [0.25, 0.3) is 7.82 Å². The number of carbonyl (C=O) groups excluding carboxylic acids is 2. The van der Waals surface area contributed by atoms with Gasteiger partial charge in [0.1, 0.15) is 19.8 Å². The molecular formula is C37H74NO8P. The number of unbranched alkanes of at least 4 members (excludes halogenated alkanes) is 21. The first-order valence-electron chi connectivity index (χ1n) is 19.2. The van der Waals surface area contributed by atoms with Gasteiger partial charge in [-0.1, -0.05) is 149 Å². The smallest absolute Gasteiger partial charge is 0.306 e. The van der Waals surface area contributed by atoms with E-state index in [1.54, 1.807) is 0 Å². The topological polar surface area (TPSA) is 111 Å². The number of phosphoric acid groups is 1. The Morgan fingerprint density at radius 2 is 0.957 bits per heavy atom. The quantitative estimate of drug-likeness (QED) is 0.0280. The Labute approximate surface area is 289 Å². The van der Waals surface area contributed by atoms with E-state index >= 15 is 0 Å². The fourth-order valence-electron chi connectivity index (χ4n) is 5.30. The molecule has 2 atom stereocenters. The van der Waals surface area contributed by atoms with E-state index in [-0.39, 0.29) is 26.1 Å². The number of carbonyl (C=O) groups is 2. The van der Waals surface area contributed by atoms with Gasteiger partial charge in [0.15, 0.2) is 6.10 Å². The standard InChI is InChI=1S/C37H74NO8P/c1-6-8-10-12-13-14-15-16-17-18-19-20-21-22-23-24-26-28-30-37(40)46-35(33-43-36(39)29-27-25-11-9-7-2)34-45-47(41,42)44-32-31-38(3,4)5/h35H,6-34H2,1-5H3/t35-/m1/s1. The Morgan fingerprint density at radius 3 is 1.36 bits per heavy atom. The van der Waals surface area contributed by atoms with Crippen LogP contribution in [0.1, 0.15) is 174 Å². The third-order valence-electron chi connectivity index (χ3n) is 8.38. The largest absolute Gasteiger partial charge is 0.756 e. The maximum atomic E-state index is 12.6. The van der Waals surface area contributed by atoms with E-state index < -0.39 is 32.5 Å². The second kappa shape index (κ2) is 31.0. The first-order chi connectivity index (χ1) is 22.5. The summed E-state index contributed by atoms with van der Waals surface area (Å²) in [5.74, 6) is -0.840. The van der Waals surface area contributed by atoms with Crippen LogP contribution in [0.3, 0.4) is 0 Å². The van der Waals surface area contributed by atoms with Crippen molar-refractivity contribution in [3.8, 4) is 0 Å². The van der Waals surface area contributed by atoms with E-state index in [1.165, 1.54) is 96.3 Å². The average molecular weight is 692 g/mol. The Morgan fingerprint density at radius 1 is 0.574 bits per heavy atom. The van der Waals surface area contributed by atoms with Crippen molar-refractivity contribution in [1.82, 2.24) is 0 Å². The highest BCUT2D eigenvalue weighted by molar-refractivity contribution is 7.45. The average Bonchev–Trinajstić information content (AvgIpc) is 3.01. The summed E-state index contributed by atoms with van der Waals surface area (Å²) in [6, 6.07) is 0. The summed E-state index contributed by atoms with van der Waals surface area (Å²) in [6.45, 7) is 4.14. The van der Waals surface area contributed by atoms with Crippen molar-refractivity contribution in [2.24, 2.45) is 0 Å². The first-order valence-corrected chi connectivity index (χ1v) is 20.7. The molecule has 0 radical (unpaired) electrons. The second-order valence-corrected chi connectivity index (χ2v) is 15.7. The lowest BCUT2D eigenvalue weighted by atomic mass is 10.0. The summed E-state index contributed by atoms with van der Waals surface area (Å²) < 4.78 is 33.6. The van der Waals surface area contributed by atoms with Crippen LogP contribution < -0.4 is 4.89 Å². The minimum absolute atomic E-state index is 0.0267. The Bertz CT molecular complexity index is 789. The predicted octanol–water partition coefficient (Wildman–Crippen LogP) is 9.44. The molecule has 0 saturated heterocycles. The van der Waals surface area contributed by atoms with Gasteiger partial charge < -0.3 is 27.9 Å². The number of nitrogens with zero attached hydrogens (tertiary/aromatic N) is 1. The third-order valence-corrected chi connectivity index (χ3v) is 9.34. The number of esters is 2. The molecule has 0 N–H and O–H groups in total. The number of hydrogen-bond donors (Lipinski definition) is 0. The van der Waals surface area contributed by atoms with Crippen LogP contribution >= 0.6 is 7.82 Å². The summed E-state index contributed by atoms with van der Waals surface area (Å²) >= 11 is 0. The minimum atomic E-state index is -4.60. The Kier molecular flexibility index (Phi) is 30.4. The molecule has 0 spiro atoms. The lowest BCUT2D eigenvalue weighted by Gasteiger charge is -2.28. The first kappa shape index (κ1) is 46.0. The van der Waals surface area contributed by atoms with Crippen molar-refractivity contribution in [3.63, 3.8) is 0 Å². The minimum Gasteiger partial charge on any atom is -0.756 e. The number of quaternary nitrogens is 1. The van der Waals surface area contributed by atoms with Gasteiger partial charge in [-0.2, -0.15) is 0 Å². The van der Waals surface area contributed by atoms with Gasteiger partial charge >= 0.3 is 11.9 Å². The number of phosphoric ester groups is 1. The number of likely N-dealkylation sites (N-methyl/N-ethyl adjacent to an activating group) is 1. The zero-order chi connectivity index (χ0) is 35.1. The molecule has 0 heterocycles. The van der Waals surface area contributed by atoms with E-state index in [9.17, 15) is 19.0 Å². The molecule has 0 bridgehead atoms. The zero-order valence-electron chi connectivity index (χ0n) is 31.2. The van der Waals surface area contributed by atoms with Crippen LogP contribution in [0.4, 0.5) is 0 Å². The van der Waals surface area contributed by atoms with Gasteiger partial charge in [-0.15, -0.1) is 0 Å². The summed E-state index contributed by atoms with van der Waals surface area (Å²) in [4.78, 5) is 37.0. The fraction of sp³-hybridized carbons (Fsp3) is 0.946. The number of ether oxygens (including phenoxy) is 2. The molecule has 0 aromatic rings. The summed E-state index contributed by atoms with van der Waals surface area (Å²) in [7, 11) is 1.17. The van der Waals surface area contributed by atoms with Gasteiger partial charge in [-0.3, -0.25) is 14.2 Å². The maximum absolute atomic E-state index is 12.6. The van der Waals surface area contributed by atoms with E-state index in [1.807, 2.05) is 21.1 Å². The van der Waals surface area contributed by atoms with Crippen LogP contribution in [0.2, 0.25) is 0 Å². The molecule has 9 nitrogen and oxygen atoms in total. The van der Waals surface area contributed by atoms with Crippen molar-refractivity contribution in [2.75, 3.05) is 47.5 Å². The molecular weight excluding hydrogens is 617 g/mol. The molecule has 1 unspecified atom stereocenters. The molecule has 0 aromatic heterocycles. The van der Waals surface area contributed by atoms with Gasteiger partial charge in [0.05, 0.1) is 27.7 Å². The molecule has 0 fully saturated rings. The highest BCUT2D eigenvalue weighted by atomic mass is 31.2.